The van der Waals surface area contributed by atoms with Crippen LogP contribution in [0.1, 0.15) is 12.8 Å². The van der Waals surface area contributed by atoms with Gasteiger partial charge in [-0.25, -0.2) is 13.2 Å². The molecule has 3 rings (SSSR count). The Bertz CT molecular complexity index is 854. The molecule has 1 fully saturated rings. The maximum Gasteiger partial charge on any atom is 0.319 e. The van der Waals surface area contributed by atoms with Gasteiger partial charge in [-0.2, -0.15) is 0 Å². The molecule has 6 nitrogen and oxygen atoms in total. The van der Waals surface area contributed by atoms with Crippen LogP contribution in [-0.4, -0.2) is 37.0 Å². The van der Waals surface area contributed by atoms with E-state index in [1.807, 2.05) is 18.2 Å². The molecule has 2 aromatic rings. The highest BCUT2D eigenvalue weighted by atomic mass is 79.9. The molecule has 122 valence electrons. The average Bonchev–Trinajstić information content (AvgIpc) is 2.46. The van der Waals surface area contributed by atoms with E-state index in [4.69, 9.17) is 0 Å². The number of para-hydroxylation sites is 1. The number of rotatable bonds is 2. The highest BCUT2D eigenvalue weighted by Crippen LogP contribution is 2.24. The van der Waals surface area contributed by atoms with Crippen molar-refractivity contribution in [2.75, 3.05) is 16.8 Å². The van der Waals surface area contributed by atoms with Crippen molar-refractivity contribution in [3.8, 4) is 0 Å². The number of carbonyl (C=O) groups excluding carboxylic acids is 1. The summed E-state index contributed by atoms with van der Waals surface area (Å²) in [5, 5.41) is 6.39. The molecule has 23 heavy (non-hydrogen) atoms. The molecule has 1 atom stereocenters. The topological polar surface area (TPSA) is 88.2 Å². The molecule has 0 radical (unpaired) electrons. The number of aromatic nitrogens is 1. The lowest BCUT2D eigenvalue weighted by molar-refractivity contribution is 0.248. The van der Waals surface area contributed by atoms with Gasteiger partial charge in [-0.05, 0) is 40.9 Å². The first-order chi connectivity index (χ1) is 10.9. The highest BCUT2D eigenvalue weighted by molar-refractivity contribution is 9.10. The van der Waals surface area contributed by atoms with E-state index in [9.17, 15) is 13.2 Å². The Hall–Kier alpha value is -1.67. The fraction of sp³-hybridized carbons (Fsp3) is 0.333. The van der Waals surface area contributed by atoms with Crippen molar-refractivity contribution in [1.29, 1.82) is 0 Å². The molecule has 0 spiro atoms. The Morgan fingerprint density at radius 2 is 2.17 bits per heavy atom. The largest absolute Gasteiger partial charge is 0.334 e. The Morgan fingerprint density at radius 3 is 2.96 bits per heavy atom. The van der Waals surface area contributed by atoms with E-state index < -0.39 is 15.9 Å². The fourth-order valence-electron chi connectivity index (χ4n) is 2.72. The first kappa shape index (κ1) is 16.2. The van der Waals surface area contributed by atoms with Crippen LogP contribution in [0.25, 0.3) is 10.9 Å². The molecule has 8 heteroatoms. The van der Waals surface area contributed by atoms with E-state index in [2.05, 4.69) is 31.5 Å². The summed E-state index contributed by atoms with van der Waals surface area (Å²) in [6.07, 6.45) is 2.92. The normalized spacial score (nSPS) is 20.1. The molecule has 1 aromatic carbocycles. The van der Waals surface area contributed by atoms with Crippen molar-refractivity contribution in [2.24, 2.45) is 0 Å². The lowest BCUT2D eigenvalue weighted by Crippen LogP contribution is -2.44. The van der Waals surface area contributed by atoms with Crippen LogP contribution in [0.5, 0.6) is 0 Å². The smallest absolute Gasteiger partial charge is 0.319 e. The number of nitrogens with one attached hydrogen (secondary N) is 2. The van der Waals surface area contributed by atoms with Crippen LogP contribution in [-0.2, 0) is 9.84 Å². The third-order valence-corrected chi connectivity index (χ3v) is 5.98. The highest BCUT2D eigenvalue weighted by Gasteiger charge is 2.25. The molecule has 0 saturated carbocycles. The second-order valence-electron chi connectivity index (χ2n) is 5.58. The summed E-state index contributed by atoms with van der Waals surface area (Å²) >= 11 is 3.37. The lowest BCUT2D eigenvalue weighted by atomic mass is 10.2. The third-order valence-electron chi connectivity index (χ3n) is 3.72. The molecule has 0 bridgehead atoms. The zero-order chi connectivity index (χ0) is 16.4. The van der Waals surface area contributed by atoms with E-state index >= 15 is 0 Å². The molecule has 2 N–H and O–H groups in total. The predicted molar refractivity (Wildman–Crippen MR) is 93.3 cm³/mol. The summed E-state index contributed by atoms with van der Waals surface area (Å²) in [7, 11) is -3.05. The number of halogens is 1. The summed E-state index contributed by atoms with van der Waals surface area (Å²) in [6.45, 7) is 0. The maximum atomic E-state index is 12.1. The van der Waals surface area contributed by atoms with Crippen molar-refractivity contribution in [2.45, 2.75) is 18.9 Å². The third kappa shape index (κ3) is 4.00. The van der Waals surface area contributed by atoms with Crippen molar-refractivity contribution >= 4 is 48.4 Å². The van der Waals surface area contributed by atoms with Crippen LogP contribution in [0.2, 0.25) is 0 Å². The molecule has 1 saturated heterocycles. The van der Waals surface area contributed by atoms with Gasteiger partial charge in [0, 0.05) is 22.1 Å². The van der Waals surface area contributed by atoms with Crippen molar-refractivity contribution in [3.63, 3.8) is 0 Å². The molecule has 1 unspecified atom stereocenters. The lowest BCUT2D eigenvalue weighted by Gasteiger charge is -2.23. The van der Waals surface area contributed by atoms with Crippen LogP contribution in [0, 0.1) is 0 Å². The molecule has 2 heterocycles. The number of urea groups is 1. The van der Waals surface area contributed by atoms with Gasteiger partial charge >= 0.3 is 6.03 Å². The van der Waals surface area contributed by atoms with E-state index in [-0.39, 0.29) is 17.5 Å². The van der Waals surface area contributed by atoms with Gasteiger partial charge in [-0.3, -0.25) is 4.98 Å². The molecular formula is C15H16BrN3O3S. The Morgan fingerprint density at radius 1 is 1.35 bits per heavy atom. The van der Waals surface area contributed by atoms with E-state index in [1.165, 1.54) is 0 Å². The van der Waals surface area contributed by atoms with Gasteiger partial charge in [0.05, 0.1) is 22.7 Å². The molecular weight excluding hydrogens is 382 g/mol. The number of nitrogens with zero attached hydrogens (tertiary/aromatic N) is 1. The number of pyridine rings is 1. The van der Waals surface area contributed by atoms with Gasteiger partial charge in [0.15, 0.2) is 9.84 Å². The van der Waals surface area contributed by atoms with Gasteiger partial charge in [0.2, 0.25) is 0 Å². The van der Waals surface area contributed by atoms with Crippen LogP contribution < -0.4 is 10.6 Å². The Balaban J connectivity index is 1.73. The number of amides is 2. The van der Waals surface area contributed by atoms with Crippen molar-refractivity contribution in [1.82, 2.24) is 10.3 Å². The number of hydrogen-bond acceptors (Lipinski definition) is 4. The second kappa shape index (κ2) is 6.45. The minimum atomic E-state index is -3.05. The minimum absolute atomic E-state index is 0.00114. The first-order valence-electron chi connectivity index (χ1n) is 7.25. The van der Waals surface area contributed by atoms with Crippen molar-refractivity contribution < 1.29 is 13.2 Å². The van der Waals surface area contributed by atoms with Gasteiger partial charge in [-0.15, -0.1) is 0 Å². The van der Waals surface area contributed by atoms with Gasteiger partial charge in [0.25, 0.3) is 0 Å². The summed E-state index contributed by atoms with van der Waals surface area (Å²) < 4.78 is 24.1. The minimum Gasteiger partial charge on any atom is -0.334 e. The molecule has 1 aliphatic heterocycles. The quantitative estimate of drug-likeness (QED) is 0.814. The Labute approximate surface area is 142 Å². The molecule has 1 aliphatic rings. The molecule has 1 aromatic heterocycles. The predicted octanol–water partition coefficient (Wildman–Crippen LogP) is 2.70. The summed E-state index contributed by atoms with van der Waals surface area (Å²) in [5.74, 6) is 0.204. The molecule has 0 aliphatic carbocycles. The number of anilines is 1. The standard InChI is InChI=1S/C15H16BrN3O3S/c16-11-7-10-3-1-5-13(14(10)17-8-11)19-15(20)18-12-4-2-6-23(21,22)9-12/h1,3,5,7-8,12H,2,4,6,9H2,(H2,18,19,20). The second-order valence-corrected chi connectivity index (χ2v) is 8.73. The van der Waals surface area contributed by atoms with Gasteiger partial charge in [-0.1, -0.05) is 12.1 Å². The molecule has 2 amide bonds. The average molecular weight is 398 g/mol. The zero-order valence-corrected chi connectivity index (χ0v) is 14.7. The number of sulfone groups is 1. The number of hydrogen-bond donors (Lipinski definition) is 2. The zero-order valence-electron chi connectivity index (χ0n) is 12.3. The summed E-state index contributed by atoms with van der Waals surface area (Å²) in [5.41, 5.74) is 1.27. The number of benzene rings is 1. The van der Waals surface area contributed by atoms with E-state index in [1.54, 1.807) is 12.3 Å². The fourth-order valence-corrected chi connectivity index (χ4v) is 4.70. The van der Waals surface area contributed by atoms with Crippen LogP contribution in [0.4, 0.5) is 10.5 Å². The van der Waals surface area contributed by atoms with Gasteiger partial charge in [0.1, 0.15) is 0 Å². The first-order valence-corrected chi connectivity index (χ1v) is 9.87. The van der Waals surface area contributed by atoms with E-state index in [0.29, 0.717) is 24.0 Å². The van der Waals surface area contributed by atoms with Crippen LogP contribution in [0.15, 0.2) is 34.9 Å². The van der Waals surface area contributed by atoms with E-state index in [0.717, 1.165) is 9.86 Å². The monoisotopic (exact) mass is 397 g/mol. The maximum absolute atomic E-state index is 12.1. The van der Waals surface area contributed by atoms with Gasteiger partial charge < -0.3 is 10.6 Å². The number of fused-ring (bicyclic) bond motifs is 1. The summed E-state index contributed by atoms with van der Waals surface area (Å²) in [6, 6.07) is 6.66. The van der Waals surface area contributed by atoms with Crippen molar-refractivity contribution in [3.05, 3.63) is 34.9 Å². The Kier molecular flexibility index (Phi) is 4.54. The SMILES string of the molecule is O=C(Nc1cccc2cc(Br)cnc12)NC1CCCS(=O)(=O)C1. The number of carbonyl (C=O) groups is 1. The van der Waals surface area contributed by atoms with Crippen LogP contribution in [0.3, 0.4) is 0 Å². The summed E-state index contributed by atoms with van der Waals surface area (Å²) in [4.78, 5) is 16.5. The van der Waals surface area contributed by atoms with Crippen LogP contribution >= 0.6 is 15.9 Å².